The molecule has 8 nitrogen and oxygen atoms in total. The average molecular weight is 388 g/mol. The maximum Gasteiger partial charge on any atom is 0.319 e. The Balaban J connectivity index is 1.55. The Labute approximate surface area is 165 Å². The summed E-state index contributed by atoms with van der Waals surface area (Å²) in [7, 11) is 1.58. The maximum atomic E-state index is 12.7. The Hall–Kier alpha value is -2.77. The molecule has 2 aliphatic heterocycles. The minimum absolute atomic E-state index is 0.0144. The second kappa shape index (κ2) is 8.50. The molecule has 0 aliphatic carbocycles. The molecule has 1 aromatic rings. The smallest absolute Gasteiger partial charge is 0.319 e. The number of urea groups is 1. The number of piperidine rings is 1. The van der Waals surface area contributed by atoms with Gasteiger partial charge in [-0.2, -0.15) is 0 Å². The number of nitrogens with zero attached hydrogens (tertiary/aromatic N) is 1. The van der Waals surface area contributed by atoms with Crippen molar-refractivity contribution < 1.29 is 19.1 Å². The van der Waals surface area contributed by atoms with Crippen LogP contribution >= 0.6 is 0 Å². The van der Waals surface area contributed by atoms with Crippen LogP contribution in [0.3, 0.4) is 0 Å². The van der Waals surface area contributed by atoms with Gasteiger partial charge in [0, 0.05) is 18.3 Å². The summed E-state index contributed by atoms with van der Waals surface area (Å²) in [6.07, 6.45) is 1.68. The molecule has 0 saturated carbocycles. The van der Waals surface area contributed by atoms with E-state index in [2.05, 4.69) is 16.0 Å². The van der Waals surface area contributed by atoms with Gasteiger partial charge in [-0.05, 0) is 49.4 Å². The van der Waals surface area contributed by atoms with Crippen LogP contribution in [0, 0.1) is 5.92 Å². The molecule has 0 spiro atoms. The Morgan fingerprint density at radius 3 is 2.64 bits per heavy atom. The van der Waals surface area contributed by atoms with Crippen molar-refractivity contribution in [3.05, 3.63) is 24.3 Å². The maximum absolute atomic E-state index is 12.7. The topological polar surface area (TPSA) is 99.8 Å². The molecule has 1 aromatic carbocycles. The van der Waals surface area contributed by atoms with Crippen LogP contribution in [0.25, 0.3) is 0 Å². The largest absolute Gasteiger partial charge is 0.497 e. The first-order chi connectivity index (χ1) is 13.4. The Kier molecular flexibility index (Phi) is 6.06. The fourth-order valence-electron chi connectivity index (χ4n) is 3.80. The summed E-state index contributed by atoms with van der Waals surface area (Å²) >= 11 is 0. The fraction of sp³-hybridized carbons (Fsp3) is 0.550. The van der Waals surface area contributed by atoms with Crippen molar-refractivity contribution >= 4 is 23.5 Å². The molecule has 0 unspecified atom stereocenters. The molecule has 28 heavy (non-hydrogen) atoms. The molecule has 2 aliphatic rings. The molecule has 0 radical (unpaired) electrons. The number of benzene rings is 1. The zero-order valence-corrected chi connectivity index (χ0v) is 16.5. The number of fused-ring (bicyclic) bond motifs is 1. The molecule has 2 heterocycles. The van der Waals surface area contributed by atoms with Gasteiger partial charge >= 0.3 is 6.03 Å². The van der Waals surface area contributed by atoms with Gasteiger partial charge in [0.25, 0.3) is 0 Å². The van der Waals surface area contributed by atoms with Crippen molar-refractivity contribution in [1.82, 2.24) is 15.5 Å². The number of methoxy groups -OCH3 is 1. The van der Waals surface area contributed by atoms with Crippen molar-refractivity contribution in [3.63, 3.8) is 0 Å². The van der Waals surface area contributed by atoms with Crippen LogP contribution in [0.5, 0.6) is 5.75 Å². The van der Waals surface area contributed by atoms with Crippen molar-refractivity contribution in [2.24, 2.45) is 5.92 Å². The standard InChI is InChI=1S/C20H28N4O4/c1-12(2)10-16-19(26)24-9-8-14(11-17(24)18(25)23-16)22-20(27)21-13-4-6-15(28-3)7-5-13/h4-7,12,14,16-17H,8-11H2,1-3H3,(H,23,25)(H2,21,22,27)/t14-,16-,17-/m0/s1. The zero-order chi connectivity index (χ0) is 20.3. The predicted octanol–water partition coefficient (Wildman–Crippen LogP) is 1.72. The van der Waals surface area contributed by atoms with Gasteiger partial charge < -0.3 is 25.6 Å². The lowest BCUT2D eigenvalue weighted by molar-refractivity contribution is -0.152. The van der Waals surface area contributed by atoms with Crippen LogP contribution in [-0.4, -0.2) is 54.5 Å². The SMILES string of the molecule is COc1ccc(NC(=O)N[C@H]2CCN3C(=O)[C@H](CC(C)C)NC(=O)[C@@H]3C2)cc1. The number of amides is 4. The third-order valence-electron chi connectivity index (χ3n) is 5.19. The lowest BCUT2D eigenvalue weighted by Gasteiger charge is -2.44. The van der Waals surface area contributed by atoms with E-state index in [1.54, 1.807) is 36.3 Å². The molecule has 4 amide bonds. The third kappa shape index (κ3) is 4.55. The summed E-state index contributed by atoms with van der Waals surface area (Å²) < 4.78 is 5.09. The summed E-state index contributed by atoms with van der Waals surface area (Å²) in [5.41, 5.74) is 0.651. The van der Waals surface area contributed by atoms with Crippen molar-refractivity contribution in [3.8, 4) is 5.75 Å². The van der Waals surface area contributed by atoms with Gasteiger partial charge in [-0.25, -0.2) is 4.79 Å². The highest BCUT2D eigenvalue weighted by molar-refractivity contribution is 5.97. The minimum atomic E-state index is -0.518. The number of rotatable bonds is 5. The van der Waals surface area contributed by atoms with Gasteiger partial charge in [0.2, 0.25) is 11.8 Å². The van der Waals surface area contributed by atoms with E-state index in [-0.39, 0.29) is 23.9 Å². The molecular weight excluding hydrogens is 360 g/mol. The first-order valence-electron chi connectivity index (χ1n) is 9.69. The molecule has 0 aromatic heterocycles. The molecular formula is C20H28N4O4. The Morgan fingerprint density at radius 1 is 1.29 bits per heavy atom. The van der Waals surface area contributed by atoms with E-state index in [9.17, 15) is 14.4 Å². The highest BCUT2D eigenvalue weighted by Gasteiger charge is 2.44. The minimum Gasteiger partial charge on any atom is -0.497 e. The van der Waals surface area contributed by atoms with Crippen LogP contribution in [0.2, 0.25) is 0 Å². The molecule has 8 heteroatoms. The molecule has 3 rings (SSSR count). The van der Waals surface area contributed by atoms with Gasteiger partial charge in [0.1, 0.15) is 17.8 Å². The normalized spacial score (nSPS) is 24.4. The Bertz CT molecular complexity index is 734. The Morgan fingerprint density at radius 2 is 2.00 bits per heavy atom. The highest BCUT2D eigenvalue weighted by Crippen LogP contribution is 2.24. The van der Waals surface area contributed by atoms with Gasteiger partial charge in [-0.3, -0.25) is 9.59 Å². The lowest BCUT2D eigenvalue weighted by Crippen LogP contribution is -2.67. The summed E-state index contributed by atoms with van der Waals surface area (Å²) in [6.45, 7) is 4.53. The third-order valence-corrected chi connectivity index (χ3v) is 5.19. The van der Waals surface area contributed by atoms with Gasteiger partial charge in [0.05, 0.1) is 7.11 Å². The summed E-state index contributed by atoms with van der Waals surface area (Å²) in [4.78, 5) is 39.1. The molecule has 152 valence electrons. The molecule has 3 N–H and O–H groups in total. The number of anilines is 1. The van der Waals surface area contributed by atoms with E-state index < -0.39 is 12.1 Å². The molecule has 2 saturated heterocycles. The summed E-state index contributed by atoms with van der Waals surface area (Å²) in [6, 6.07) is 5.58. The zero-order valence-electron chi connectivity index (χ0n) is 16.5. The second-order valence-electron chi connectivity index (χ2n) is 7.79. The monoisotopic (exact) mass is 388 g/mol. The first-order valence-corrected chi connectivity index (χ1v) is 9.69. The van der Waals surface area contributed by atoms with E-state index in [1.807, 2.05) is 13.8 Å². The number of carbonyl (C=O) groups excluding carboxylic acids is 3. The van der Waals surface area contributed by atoms with Crippen LogP contribution in [0.4, 0.5) is 10.5 Å². The van der Waals surface area contributed by atoms with E-state index >= 15 is 0 Å². The van der Waals surface area contributed by atoms with Gasteiger partial charge in [-0.15, -0.1) is 0 Å². The summed E-state index contributed by atoms with van der Waals surface area (Å²) in [5, 5.41) is 8.53. The van der Waals surface area contributed by atoms with Crippen molar-refractivity contribution in [2.45, 2.75) is 51.2 Å². The average Bonchev–Trinajstić information content (AvgIpc) is 2.66. The number of hydrogen-bond acceptors (Lipinski definition) is 4. The molecule has 3 atom stereocenters. The van der Waals surface area contributed by atoms with E-state index in [0.29, 0.717) is 43.2 Å². The van der Waals surface area contributed by atoms with Crippen LogP contribution in [-0.2, 0) is 9.59 Å². The van der Waals surface area contributed by atoms with E-state index in [1.165, 1.54) is 0 Å². The number of piperazine rings is 1. The first kappa shape index (κ1) is 20.0. The van der Waals surface area contributed by atoms with Crippen molar-refractivity contribution in [2.75, 3.05) is 19.0 Å². The molecule has 0 bridgehead atoms. The fourth-order valence-corrected chi connectivity index (χ4v) is 3.80. The van der Waals surface area contributed by atoms with Crippen molar-refractivity contribution in [1.29, 1.82) is 0 Å². The van der Waals surface area contributed by atoms with E-state index in [0.717, 1.165) is 0 Å². The number of hydrogen-bond donors (Lipinski definition) is 3. The van der Waals surface area contributed by atoms with Crippen LogP contribution in [0.15, 0.2) is 24.3 Å². The number of ether oxygens (including phenoxy) is 1. The van der Waals surface area contributed by atoms with E-state index in [4.69, 9.17) is 4.74 Å². The quantitative estimate of drug-likeness (QED) is 0.715. The summed E-state index contributed by atoms with van der Waals surface area (Å²) in [5.74, 6) is 0.889. The lowest BCUT2D eigenvalue weighted by atomic mass is 9.91. The highest BCUT2D eigenvalue weighted by atomic mass is 16.5. The second-order valence-corrected chi connectivity index (χ2v) is 7.79. The van der Waals surface area contributed by atoms with Gasteiger partial charge in [0.15, 0.2) is 0 Å². The predicted molar refractivity (Wildman–Crippen MR) is 105 cm³/mol. The molecule has 2 fully saturated rings. The van der Waals surface area contributed by atoms with Crippen LogP contribution < -0.4 is 20.7 Å². The van der Waals surface area contributed by atoms with Crippen LogP contribution in [0.1, 0.15) is 33.1 Å². The van der Waals surface area contributed by atoms with Gasteiger partial charge in [-0.1, -0.05) is 13.8 Å². The number of nitrogens with one attached hydrogen (secondary N) is 3. The number of carbonyl (C=O) groups is 3.